The molecule has 0 fully saturated rings. The summed E-state index contributed by atoms with van der Waals surface area (Å²) in [5.41, 5.74) is 5.94. The van der Waals surface area contributed by atoms with Gasteiger partial charge in [-0.1, -0.05) is 183 Å². The molecule has 2 amide bonds. The van der Waals surface area contributed by atoms with E-state index in [0.29, 0.717) is 36.1 Å². The van der Waals surface area contributed by atoms with Crippen LogP contribution in [0.25, 0.3) is 30.9 Å². The molecule has 0 saturated carbocycles. The maximum Gasteiger partial charge on any atom is 0.261 e. The van der Waals surface area contributed by atoms with Crippen molar-refractivity contribution in [3.8, 4) is 19.5 Å². The molecule has 0 spiro atoms. The van der Waals surface area contributed by atoms with Gasteiger partial charge in [-0.25, -0.2) is 0 Å². The minimum Gasteiger partial charge on any atom is -0.306 e. The lowest BCUT2D eigenvalue weighted by atomic mass is 9.93. The van der Waals surface area contributed by atoms with E-state index in [9.17, 15) is 0 Å². The van der Waals surface area contributed by atoms with Gasteiger partial charge in [-0.2, -0.15) is 0 Å². The van der Waals surface area contributed by atoms with E-state index in [0.717, 1.165) is 59.7 Å². The number of aryl methyl sites for hydroxylation is 2. The van der Waals surface area contributed by atoms with Crippen LogP contribution in [0, 0.1) is 11.8 Å². The second-order valence-corrected chi connectivity index (χ2v) is 25.0. The molecule has 0 N–H and O–H groups in total. The quantitative estimate of drug-likeness (QED) is 0.0420. The van der Waals surface area contributed by atoms with E-state index >= 15 is 9.59 Å². The second kappa shape index (κ2) is 31.1. The van der Waals surface area contributed by atoms with Crippen LogP contribution in [-0.4, -0.2) is 34.7 Å². The molecule has 2 aliphatic rings. The SMILES string of the molecule is CCCCCCCCC(CCCCCC)CN1C(=O)C2=C(c3ccc(-c4cc(CCCC)cs4)s3)N(CC(CCCCCC)CCCCCCCC)C(=O)C2=C1c1ccc(-c2cc(CCCC)cs2)s1. The van der Waals surface area contributed by atoms with Gasteiger partial charge < -0.3 is 9.80 Å². The van der Waals surface area contributed by atoms with Crippen molar-refractivity contribution in [3.05, 3.63) is 79.2 Å². The molecular weight excluding hydrogens is 933 g/mol. The first-order chi connectivity index (χ1) is 34.3. The molecule has 8 heteroatoms. The summed E-state index contributed by atoms with van der Waals surface area (Å²) in [7, 11) is 0. The highest BCUT2D eigenvalue weighted by atomic mass is 32.1. The Morgan fingerprint density at radius 1 is 0.386 bits per heavy atom. The predicted molar refractivity (Wildman–Crippen MR) is 310 cm³/mol. The zero-order valence-corrected chi connectivity index (χ0v) is 48.0. The summed E-state index contributed by atoms with van der Waals surface area (Å²) in [6, 6.07) is 13.8. The first-order valence-electron chi connectivity index (χ1n) is 28.8. The summed E-state index contributed by atoms with van der Waals surface area (Å²) in [5, 5.41) is 4.66. The Labute approximate surface area is 442 Å². The standard InChI is InChI=1S/C62H92N2O2S4/c1-7-13-19-23-25-29-35-47(33-27-21-15-9-3)43-63-59(53-39-37-51(69-53)55-41-49(45-67-55)31-17-11-5)57-58(61(63)65)60(54-40-38-52(70-54)56-42-50(46-68-56)32-18-12-6)64(62(57)66)44-48(34-28-22-16-10-4)36-30-26-24-20-14-8-2/h37-42,45-48H,7-36,43-44H2,1-6H3. The third kappa shape index (κ3) is 16.1. The van der Waals surface area contributed by atoms with Crippen molar-refractivity contribution >= 4 is 68.6 Å². The van der Waals surface area contributed by atoms with Crippen LogP contribution in [-0.2, 0) is 22.4 Å². The van der Waals surface area contributed by atoms with Crippen LogP contribution in [0.2, 0.25) is 0 Å². The molecular formula is C62H92N2O2S4. The molecule has 70 heavy (non-hydrogen) atoms. The molecule has 4 aromatic heterocycles. The maximum atomic E-state index is 15.9. The van der Waals surface area contributed by atoms with Crippen LogP contribution in [0.1, 0.15) is 242 Å². The van der Waals surface area contributed by atoms with Gasteiger partial charge in [0.2, 0.25) is 0 Å². The molecule has 4 aromatic rings. The normalized spacial score (nSPS) is 14.9. The Hall–Kier alpha value is -2.78. The Kier molecular flexibility index (Phi) is 25.1. The summed E-state index contributed by atoms with van der Waals surface area (Å²) < 4.78 is 0. The molecule has 6 heterocycles. The number of carbonyl (C=O) groups excluding carboxylic acids is 2. The number of nitrogens with zero attached hydrogens (tertiary/aromatic N) is 2. The van der Waals surface area contributed by atoms with E-state index in [1.54, 1.807) is 22.7 Å². The Balaban J connectivity index is 1.44. The van der Waals surface area contributed by atoms with Crippen molar-refractivity contribution < 1.29 is 9.59 Å². The first kappa shape index (κ1) is 56.5. The molecule has 2 atom stereocenters. The van der Waals surface area contributed by atoms with E-state index in [1.165, 1.54) is 185 Å². The Morgan fingerprint density at radius 2 is 0.700 bits per heavy atom. The third-order valence-electron chi connectivity index (χ3n) is 15.0. The van der Waals surface area contributed by atoms with Crippen molar-refractivity contribution in [2.24, 2.45) is 11.8 Å². The van der Waals surface area contributed by atoms with Crippen LogP contribution in [0.15, 0.2) is 58.3 Å². The Morgan fingerprint density at radius 3 is 1.06 bits per heavy atom. The molecule has 0 bridgehead atoms. The van der Waals surface area contributed by atoms with Crippen LogP contribution in [0.4, 0.5) is 0 Å². The smallest absolute Gasteiger partial charge is 0.261 e. The summed E-state index contributed by atoms with van der Waals surface area (Å²) in [5.74, 6) is 0.893. The maximum absolute atomic E-state index is 15.9. The van der Waals surface area contributed by atoms with E-state index in [2.05, 4.69) is 98.5 Å². The molecule has 4 nitrogen and oxygen atoms in total. The highest BCUT2D eigenvalue weighted by molar-refractivity contribution is 7.22. The van der Waals surface area contributed by atoms with Crippen LogP contribution in [0.5, 0.6) is 0 Å². The number of hydrogen-bond acceptors (Lipinski definition) is 6. The molecule has 0 aromatic carbocycles. The molecule has 2 unspecified atom stereocenters. The number of carbonyl (C=O) groups is 2. The van der Waals surface area contributed by atoms with Gasteiger partial charge in [-0.3, -0.25) is 9.59 Å². The van der Waals surface area contributed by atoms with Gasteiger partial charge >= 0.3 is 0 Å². The molecule has 2 aliphatic heterocycles. The van der Waals surface area contributed by atoms with E-state index in [1.807, 2.05) is 22.7 Å². The lowest BCUT2D eigenvalue weighted by Crippen LogP contribution is -2.34. The minimum atomic E-state index is 0.0497. The number of fused-ring (bicyclic) bond motifs is 1. The fourth-order valence-corrected chi connectivity index (χ4v) is 15.0. The highest BCUT2D eigenvalue weighted by Crippen LogP contribution is 2.51. The molecule has 0 aliphatic carbocycles. The Bertz CT molecular complexity index is 2060. The van der Waals surface area contributed by atoms with Gasteiger partial charge in [0.25, 0.3) is 11.8 Å². The topological polar surface area (TPSA) is 40.6 Å². The van der Waals surface area contributed by atoms with E-state index in [4.69, 9.17) is 0 Å². The largest absolute Gasteiger partial charge is 0.306 e. The molecule has 0 saturated heterocycles. The van der Waals surface area contributed by atoms with Gasteiger partial charge in [-0.15, -0.1) is 45.3 Å². The van der Waals surface area contributed by atoms with Gasteiger partial charge in [0.05, 0.1) is 32.3 Å². The van der Waals surface area contributed by atoms with E-state index in [-0.39, 0.29) is 11.8 Å². The fraction of sp³-hybridized carbons (Fsp3) is 0.645. The second-order valence-electron chi connectivity index (χ2n) is 21.0. The van der Waals surface area contributed by atoms with Crippen molar-refractivity contribution in [2.75, 3.05) is 13.1 Å². The van der Waals surface area contributed by atoms with Crippen molar-refractivity contribution in [1.82, 2.24) is 9.80 Å². The minimum absolute atomic E-state index is 0.0497. The number of rotatable bonds is 38. The molecule has 6 rings (SSSR count). The highest BCUT2D eigenvalue weighted by Gasteiger charge is 2.50. The average Bonchev–Trinajstić information content (AvgIpc) is 4.25. The van der Waals surface area contributed by atoms with Crippen LogP contribution < -0.4 is 0 Å². The number of unbranched alkanes of at least 4 members (excludes halogenated alkanes) is 18. The predicted octanol–water partition coefficient (Wildman–Crippen LogP) is 20.4. The summed E-state index contributed by atoms with van der Waals surface area (Å²) >= 11 is 7.23. The molecule has 386 valence electrons. The van der Waals surface area contributed by atoms with Gasteiger partial charge in [0.1, 0.15) is 0 Å². The summed E-state index contributed by atoms with van der Waals surface area (Å²) in [6.07, 6.45) is 36.7. The first-order valence-corrected chi connectivity index (χ1v) is 32.2. The third-order valence-corrected chi connectivity index (χ3v) is 19.6. The lowest BCUT2D eigenvalue weighted by molar-refractivity contribution is -0.124. The number of hydrogen-bond donors (Lipinski definition) is 0. The van der Waals surface area contributed by atoms with Gasteiger partial charge in [0, 0.05) is 32.6 Å². The monoisotopic (exact) mass is 1020 g/mol. The van der Waals surface area contributed by atoms with Crippen LogP contribution in [0.3, 0.4) is 0 Å². The summed E-state index contributed by atoms with van der Waals surface area (Å²) in [6.45, 7) is 15.1. The number of amides is 2. The zero-order valence-electron chi connectivity index (χ0n) is 44.7. The van der Waals surface area contributed by atoms with Crippen molar-refractivity contribution in [2.45, 2.75) is 234 Å². The zero-order chi connectivity index (χ0) is 49.5. The van der Waals surface area contributed by atoms with Crippen molar-refractivity contribution in [3.63, 3.8) is 0 Å². The fourth-order valence-electron chi connectivity index (χ4n) is 10.8. The van der Waals surface area contributed by atoms with Gasteiger partial charge in [-0.05, 0) is 121 Å². The number of thiophene rings is 4. The van der Waals surface area contributed by atoms with Crippen molar-refractivity contribution in [1.29, 1.82) is 0 Å². The average molecular weight is 1030 g/mol. The molecule has 0 radical (unpaired) electrons. The van der Waals surface area contributed by atoms with E-state index < -0.39 is 0 Å². The van der Waals surface area contributed by atoms with Crippen LogP contribution >= 0.6 is 45.3 Å². The summed E-state index contributed by atoms with van der Waals surface area (Å²) in [4.78, 5) is 43.1. The lowest BCUT2D eigenvalue weighted by Gasteiger charge is -2.29. The van der Waals surface area contributed by atoms with Gasteiger partial charge in [0.15, 0.2) is 0 Å².